The minimum absolute atomic E-state index is 0.0767. The van der Waals surface area contributed by atoms with E-state index in [2.05, 4.69) is 0 Å². The smallest absolute Gasteiger partial charge is 0.310 e. The first-order chi connectivity index (χ1) is 11.3. The van der Waals surface area contributed by atoms with Gasteiger partial charge in [-0.05, 0) is 17.7 Å². The molecular formula is C16H13F5N2OS. The van der Waals surface area contributed by atoms with Gasteiger partial charge in [0.15, 0.2) is 5.78 Å². The van der Waals surface area contributed by atoms with E-state index in [0.717, 1.165) is 17.7 Å². The Labute approximate surface area is 140 Å². The Kier molecular flexibility index (Phi) is 3.35. The van der Waals surface area contributed by atoms with Gasteiger partial charge in [-0.15, -0.1) is 0 Å². The van der Waals surface area contributed by atoms with Crippen molar-refractivity contribution in [1.29, 1.82) is 5.41 Å². The van der Waals surface area contributed by atoms with Gasteiger partial charge in [0.25, 0.3) is 0 Å². The molecule has 0 spiro atoms. The molecule has 0 bridgehead atoms. The van der Waals surface area contributed by atoms with Crippen molar-refractivity contribution in [2.24, 2.45) is 0 Å². The van der Waals surface area contributed by atoms with E-state index in [4.69, 9.17) is 5.41 Å². The van der Waals surface area contributed by atoms with E-state index in [9.17, 15) is 24.2 Å². The van der Waals surface area contributed by atoms with Gasteiger partial charge in [0.05, 0.1) is 6.54 Å². The highest BCUT2D eigenvalue weighted by Gasteiger charge is 2.65. The van der Waals surface area contributed by atoms with E-state index in [0.29, 0.717) is 5.56 Å². The van der Waals surface area contributed by atoms with Crippen molar-refractivity contribution in [3.63, 3.8) is 0 Å². The van der Waals surface area contributed by atoms with E-state index < -0.39 is 26.5 Å². The first-order valence-electron chi connectivity index (χ1n) is 7.14. The van der Waals surface area contributed by atoms with Gasteiger partial charge in [0, 0.05) is 17.7 Å². The average molecular weight is 376 g/mol. The summed E-state index contributed by atoms with van der Waals surface area (Å²) in [5.41, 5.74) is 0.992. The van der Waals surface area contributed by atoms with Crippen molar-refractivity contribution in [2.75, 3.05) is 6.54 Å². The quantitative estimate of drug-likeness (QED) is 0.576. The van der Waals surface area contributed by atoms with Crippen LogP contribution in [0.15, 0.2) is 53.4 Å². The second kappa shape index (κ2) is 4.81. The molecule has 9 heteroatoms. The molecule has 3 nitrogen and oxygen atoms in total. The maximum atomic E-state index is 12.9. The molecule has 1 N–H and O–H groups in total. The van der Waals surface area contributed by atoms with Gasteiger partial charge in [-0.2, -0.15) is 0 Å². The van der Waals surface area contributed by atoms with Crippen molar-refractivity contribution < 1.29 is 24.2 Å². The number of halogens is 5. The Morgan fingerprint density at radius 2 is 1.72 bits per heavy atom. The molecule has 0 saturated carbocycles. The fourth-order valence-corrected chi connectivity index (χ4v) is 3.34. The summed E-state index contributed by atoms with van der Waals surface area (Å²) in [5.74, 6) is -0.686. The third-order valence-corrected chi connectivity index (χ3v) is 5.03. The number of fused-ring (bicyclic) bond motifs is 1. The van der Waals surface area contributed by atoms with Crippen LogP contribution in [0.2, 0.25) is 0 Å². The van der Waals surface area contributed by atoms with E-state index in [1.807, 2.05) is 0 Å². The highest BCUT2D eigenvalue weighted by atomic mass is 32.5. The highest BCUT2D eigenvalue weighted by Crippen LogP contribution is 3.02. The lowest BCUT2D eigenvalue weighted by molar-refractivity contribution is 0.0962. The second-order valence-electron chi connectivity index (χ2n) is 5.78. The number of carbonyl (C=O) groups is 1. The maximum Gasteiger partial charge on any atom is 0.310 e. The minimum atomic E-state index is -9.84. The van der Waals surface area contributed by atoms with Crippen LogP contribution >= 0.6 is 10.2 Å². The van der Waals surface area contributed by atoms with Crippen LogP contribution in [0.5, 0.6) is 0 Å². The first-order valence-corrected chi connectivity index (χ1v) is 9.09. The van der Waals surface area contributed by atoms with Gasteiger partial charge < -0.3 is 4.90 Å². The SMILES string of the molecule is N=C1c2ccccc2CN1CC(=O)c1cccc(S(F)(F)(F)(F)F)c1. The summed E-state index contributed by atoms with van der Waals surface area (Å²) >= 11 is 0. The molecule has 1 heterocycles. The van der Waals surface area contributed by atoms with Crippen molar-refractivity contribution in [3.05, 3.63) is 65.2 Å². The maximum absolute atomic E-state index is 12.9. The van der Waals surface area contributed by atoms with Crippen LogP contribution in [-0.4, -0.2) is 23.1 Å². The number of nitrogens with one attached hydrogen (secondary N) is 1. The highest BCUT2D eigenvalue weighted by molar-refractivity contribution is 8.45. The Morgan fingerprint density at radius 3 is 2.36 bits per heavy atom. The lowest BCUT2D eigenvalue weighted by Gasteiger charge is -2.40. The third-order valence-electron chi connectivity index (χ3n) is 3.89. The molecule has 25 heavy (non-hydrogen) atoms. The van der Waals surface area contributed by atoms with E-state index in [1.54, 1.807) is 24.3 Å². The molecule has 0 saturated heterocycles. The topological polar surface area (TPSA) is 44.2 Å². The monoisotopic (exact) mass is 376 g/mol. The molecule has 0 aliphatic carbocycles. The molecule has 0 amide bonds. The summed E-state index contributed by atoms with van der Waals surface area (Å²) < 4.78 is 64.4. The van der Waals surface area contributed by atoms with Crippen LogP contribution in [-0.2, 0) is 6.54 Å². The molecule has 134 valence electrons. The molecule has 2 aromatic carbocycles. The second-order valence-corrected chi connectivity index (χ2v) is 8.19. The Balaban J connectivity index is 1.84. The Bertz CT molecular complexity index is 895. The molecule has 0 aromatic heterocycles. The molecule has 1 aliphatic rings. The summed E-state index contributed by atoms with van der Waals surface area (Å²) in [6, 6.07) is 9.27. The fraction of sp³-hybridized carbons (Fsp3) is 0.125. The molecule has 0 radical (unpaired) electrons. The zero-order valence-corrected chi connectivity index (χ0v) is 13.5. The predicted molar refractivity (Wildman–Crippen MR) is 85.9 cm³/mol. The third kappa shape index (κ3) is 3.51. The summed E-state index contributed by atoms with van der Waals surface area (Å²) in [7, 11) is -9.84. The largest absolute Gasteiger partial charge is 0.345 e. The van der Waals surface area contributed by atoms with Crippen LogP contribution in [0.1, 0.15) is 21.5 Å². The lowest BCUT2D eigenvalue weighted by Crippen LogP contribution is -2.30. The van der Waals surface area contributed by atoms with Gasteiger partial charge in [-0.1, -0.05) is 55.8 Å². The molecular weight excluding hydrogens is 363 g/mol. The van der Waals surface area contributed by atoms with Crippen LogP contribution < -0.4 is 0 Å². The van der Waals surface area contributed by atoms with Crippen molar-refractivity contribution in [3.8, 4) is 0 Å². The number of Topliss-reactive ketones (excluding diaryl/α,β-unsaturated/α-hetero) is 1. The fourth-order valence-electron chi connectivity index (χ4n) is 2.65. The van der Waals surface area contributed by atoms with E-state index >= 15 is 0 Å². The van der Waals surface area contributed by atoms with Crippen molar-refractivity contribution >= 4 is 21.8 Å². The molecule has 0 unspecified atom stereocenters. The number of ketones is 1. The number of amidine groups is 1. The number of benzene rings is 2. The van der Waals surface area contributed by atoms with Crippen molar-refractivity contribution in [2.45, 2.75) is 11.4 Å². The zero-order valence-electron chi connectivity index (χ0n) is 12.7. The molecule has 2 aromatic rings. The summed E-state index contributed by atoms with van der Waals surface area (Å²) in [5, 5.41) is 8.03. The normalized spacial score (nSPS) is 17.0. The number of hydrogen-bond acceptors (Lipinski definition) is 2. The van der Waals surface area contributed by atoms with E-state index in [1.165, 1.54) is 4.90 Å². The number of nitrogens with zero attached hydrogens (tertiary/aromatic N) is 1. The lowest BCUT2D eigenvalue weighted by atomic mass is 10.1. The van der Waals surface area contributed by atoms with Crippen molar-refractivity contribution in [1.82, 2.24) is 4.90 Å². The Hall–Kier alpha value is -2.42. The molecule has 0 fully saturated rings. The molecule has 0 atom stereocenters. The molecule has 3 rings (SSSR count). The molecule has 1 aliphatic heterocycles. The van der Waals surface area contributed by atoms with Crippen LogP contribution in [0.4, 0.5) is 19.4 Å². The summed E-state index contributed by atoms with van der Waals surface area (Å²) in [4.78, 5) is 11.5. The Morgan fingerprint density at radius 1 is 1.04 bits per heavy atom. The van der Waals surface area contributed by atoms with Crippen LogP contribution in [0.25, 0.3) is 0 Å². The van der Waals surface area contributed by atoms with E-state index in [-0.39, 0.29) is 31.1 Å². The summed E-state index contributed by atoms with van der Waals surface area (Å²) in [6.45, 7) is -0.0979. The number of hydrogen-bond donors (Lipinski definition) is 1. The number of rotatable bonds is 4. The zero-order chi connectivity index (χ0) is 18.5. The van der Waals surface area contributed by atoms with Gasteiger partial charge in [-0.3, -0.25) is 10.2 Å². The average Bonchev–Trinajstić information content (AvgIpc) is 2.82. The van der Waals surface area contributed by atoms with Crippen LogP contribution in [0.3, 0.4) is 0 Å². The van der Waals surface area contributed by atoms with Gasteiger partial charge in [-0.25, -0.2) is 0 Å². The number of carbonyl (C=O) groups excluding carboxylic acids is 1. The standard InChI is InChI=1S/C16H13F5N2OS/c17-25(18,19,20,21)13-6-3-5-11(8-13)15(24)10-23-9-12-4-1-2-7-14(12)16(23)22/h1-8,22H,9-10H2. The van der Waals surface area contributed by atoms with Gasteiger partial charge >= 0.3 is 10.2 Å². The van der Waals surface area contributed by atoms with Crippen LogP contribution in [0, 0.1) is 5.41 Å². The minimum Gasteiger partial charge on any atom is -0.345 e. The first kappa shape index (κ1) is 17.4. The van der Waals surface area contributed by atoms with Gasteiger partial charge in [0.1, 0.15) is 10.7 Å². The predicted octanol–water partition coefficient (Wildman–Crippen LogP) is 5.37. The van der Waals surface area contributed by atoms with Gasteiger partial charge in [0.2, 0.25) is 0 Å². The summed E-state index contributed by atoms with van der Waals surface area (Å²) in [6.07, 6.45) is 0.